The Balaban J connectivity index is 1.86. The van der Waals surface area contributed by atoms with Crippen molar-refractivity contribution in [2.45, 2.75) is 25.6 Å². The highest BCUT2D eigenvalue weighted by Gasteiger charge is 2.40. The summed E-state index contributed by atoms with van der Waals surface area (Å²) in [5.74, 6) is -1.18. The van der Waals surface area contributed by atoms with Gasteiger partial charge in [0.05, 0.1) is 5.92 Å². The first-order chi connectivity index (χ1) is 9.36. The molecule has 1 heterocycles. The molecule has 1 fully saturated rings. The van der Waals surface area contributed by atoms with Gasteiger partial charge in [-0.1, -0.05) is 24.3 Å². The van der Waals surface area contributed by atoms with Crippen molar-refractivity contribution in [3.8, 4) is 0 Å². The lowest BCUT2D eigenvalue weighted by Gasteiger charge is -2.32. The monoisotopic (exact) mass is 287 g/mol. The highest BCUT2D eigenvalue weighted by atomic mass is 19.4. The lowest BCUT2D eigenvalue weighted by atomic mass is 9.80. The van der Waals surface area contributed by atoms with Crippen LogP contribution in [0.3, 0.4) is 0 Å². The van der Waals surface area contributed by atoms with Crippen LogP contribution >= 0.6 is 0 Å². The number of halogens is 3. The van der Waals surface area contributed by atoms with Crippen LogP contribution in [0.4, 0.5) is 13.2 Å². The second-order valence-electron chi connectivity index (χ2n) is 5.21. The Hall–Kier alpha value is -1.05. The summed E-state index contributed by atoms with van der Waals surface area (Å²) in [5.41, 5.74) is 1.37. The van der Waals surface area contributed by atoms with Crippen LogP contribution in [-0.4, -0.2) is 41.3 Å². The fourth-order valence-electron chi connectivity index (χ4n) is 2.47. The molecule has 2 N–H and O–H groups in total. The van der Waals surface area contributed by atoms with E-state index in [2.05, 4.69) is 0 Å². The molecule has 0 saturated carbocycles. The van der Waals surface area contributed by atoms with Crippen LogP contribution in [0.5, 0.6) is 0 Å². The maximum absolute atomic E-state index is 12.5. The molecule has 3 nitrogen and oxygen atoms in total. The standard InChI is InChI=1S/C13H17BF3NO2/c15-13(16,17)11-5-7-18(8-6-11)9-10-1-3-12(4-2-10)14(19)20/h1-4,11,19-20H,5-9H2. The summed E-state index contributed by atoms with van der Waals surface area (Å²) in [6, 6.07) is 6.76. The Kier molecular flexibility index (Phi) is 4.72. The van der Waals surface area contributed by atoms with E-state index in [0.29, 0.717) is 25.1 Å². The van der Waals surface area contributed by atoms with Crippen LogP contribution in [-0.2, 0) is 6.54 Å². The Labute approximate surface area is 116 Å². The second-order valence-corrected chi connectivity index (χ2v) is 5.21. The molecule has 0 aliphatic carbocycles. The van der Waals surface area contributed by atoms with E-state index in [4.69, 9.17) is 10.0 Å². The van der Waals surface area contributed by atoms with Gasteiger partial charge in [-0.25, -0.2) is 0 Å². The van der Waals surface area contributed by atoms with Crippen LogP contribution in [0, 0.1) is 5.92 Å². The van der Waals surface area contributed by atoms with Crippen molar-refractivity contribution in [1.29, 1.82) is 0 Å². The van der Waals surface area contributed by atoms with Crippen molar-refractivity contribution in [2.24, 2.45) is 5.92 Å². The van der Waals surface area contributed by atoms with Crippen LogP contribution < -0.4 is 5.46 Å². The fraction of sp³-hybridized carbons (Fsp3) is 0.538. The molecule has 0 atom stereocenters. The van der Waals surface area contributed by atoms with Crippen molar-refractivity contribution < 1.29 is 23.2 Å². The van der Waals surface area contributed by atoms with Gasteiger partial charge in [0.1, 0.15) is 0 Å². The maximum Gasteiger partial charge on any atom is 0.488 e. The predicted octanol–water partition coefficient (Wildman–Crippen LogP) is 1.14. The van der Waals surface area contributed by atoms with Crippen LogP contribution in [0.1, 0.15) is 18.4 Å². The fourth-order valence-corrected chi connectivity index (χ4v) is 2.47. The van der Waals surface area contributed by atoms with E-state index in [1.54, 1.807) is 24.3 Å². The third-order valence-electron chi connectivity index (χ3n) is 3.73. The summed E-state index contributed by atoms with van der Waals surface area (Å²) < 4.78 is 37.6. The molecule has 20 heavy (non-hydrogen) atoms. The van der Waals surface area contributed by atoms with Gasteiger partial charge in [-0.05, 0) is 37.0 Å². The minimum atomic E-state index is -4.08. The number of hydrogen-bond donors (Lipinski definition) is 2. The van der Waals surface area contributed by atoms with E-state index in [9.17, 15) is 13.2 Å². The van der Waals surface area contributed by atoms with Crippen molar-refractivity contribution in [3.63, 3.8) is 0 Å². The Morgan fingerprint density at radius 1 is 1.10 bits per heavy atom. The highest BCUT2D eigenvalue weighted by molar-refractivity contribution is 6.58. The molecule has 1 saturated heterocycles. The zero-order valence-corrected chi connectivity index (χ0v) is 11.0. The molecule has 1 aliphatic rings. The summed E-state index contributed by atoms with van der Waals surface area (Å²) in [6.07, 6.45) is -3.78. The molecule has 7 heteroatoms. The van der Waals surface area contributed by atoms with Gasteiger partial charge >= 0.3 is 13.3 Å². The number of piperidine rings is 1. The molecule has 1 aliphatic heterocycles. The Bertz CT molecular complexity index is 428. The third-order valence-corrected chi connectivity index (χ3v) is 3.73. The third kappa shape index (κ3) is 3.97. The van der Waals surface area contributed by atoms with Gasteiger partial charge in [-0.2, -0.15) is 13.2 Å². The average Bonchev–Trinajstić information content (AvgIpc) is 2.39. The summed E-state index contributed by atoms with van der Waals surface area (Å²) >= 11 is 0. The number of likely N-dealkylation sites (tertiary alicyclic amines) is 1. The minimum absolute atomic E-state index is 0.150. The summed E-state index contributed by atoms with van der Waals surface area (Å²) in [7, 11) is -1.49. The lowest BCUT2D eigenvalue weighted by Crippen LogP contribution is -2.38. The predicted molar refractivity (Wildman–Crippen MR) is 70.3 cm³/mol. The van der Waals surface area contributed by atoms with Crippen LogP contribution in [0.25, 0.3) is 0 Å². The van der Waals surface area contributed by atoms with E-state index in [1.165, 1.54) is 0 Å². The molecule has 0 bridgehead atoms. The topological polar surface area (TPSA) is 43.7 Å². The second kappa shape index (κ2) is 6.16. The van der Waals surface area contributed by atoms with Gasteiger partial charge in [0.2, 0.25) is 0 Å². The first-order valence-electron chi connectivity index (χ1n) is 6.60. The highest BCUT2D eigenvalue weighted by Crippen LogP contribution is 2.34. The summed E-state index contributed by atoms with van der Waals surface area (Å²) in [4.78, 5) is 1.99. The van der Waals surface area contributed by atoms with E-state index in [1.807, 2.05) is 4.90 Å². The zero-order chi connectivity index (χ0) is 14.8. The van der Waals surface area contributed by atoms with E-state index >= 15 is 0 Å². The largest absolute Gasteiger partial charge is 0.488 e. The number of alkyl halides is 3. The molecule has 2 rings (SSSR count). The summed E-state index contributed by atoms with van der Waals surface area (Å²) in [6.45, 7) is 1.47. The van der Waals surface area contributed by atoms with Crippen molar-refractivity contribution in [2.75, 3.05) is 13.1 Å². The van der Waals surface area contributed by atoms with Gasteiger partial charge in [-0.3, -0.25) is 4.90 Å². The Morgan fingerprint density at radius 2 is 1.65 bits per heavy atom. The molecule has 0 aromatic heterocycles. The molecule has 0 radical (unpaired) electrons. The number of benzene rings is 1. The van der Waals surface area contributed by atoms with Crippen molar-refractivity contribution >= 4 is 12.6 Å². The van der Waals surface area contributed by atoms with E-state index < -0.39 is 19.2 Å². The minimum Gasteiger partial charge on any atom is -0.423 e. The number of hydrogen-bond acceptors (Lipinski definition) is 3. The first-order valence-corrected chi connectivity index (χ1v) is 6.60. The first kappa shape index (κ1) is 15.3. The smallest absolute Gasteiger partial charge is 0.423 e. The molecular weight excluding hydrogens is 270 g/mol. The summed E-state index contributed by atoms with van der Waals surface area (Å²) in [5, 5.41) is 18.0. The van der Waals surface area contributed by atoms with Crippen LogP contribution in [0.15, 0.2) is 24.3 Å². The van der Waals surface area contributed by atoms with E-state index in [0.717, 1.165) is 5.56 Å². The Morgan fingerprint density at radius 3 is 2.10 bits per heavy atom. The molecular formula is C13H17BF3NO2. The van der Waals surface area contributed by atoms with Gasteiger partial charge < -0.3 is 10.0 Å². The lowest BCUT2D eigenvalue weighted by molar-refractivity contribution is -0.185. The molecule has 1 aromatic rings. The van der Waals surface area contributed by atoms with Crippen LogP contribution in [0.2, 0.25) is 0 Å². The number of rotatable bonds is 3. The van der Waals surface area contributed by atoms with Gasteiger partial charge in [0.15, 0.2) is 0 Å². The molecule has 0 unspecified atom stereocenters. The van der Waals surface area contributed by atoms with Gasteiger partial charge in [-0.15, -0.1) is 0 Å². The molecule has 1 aromatic carbocycles. The maximum atomic E-state index is 12.5. The normalized spacial score (nSPS) is 18.2. The van der Waals surface area contributed by atoms with E-state index in [-0.39, 0.29) is 12.8 Å². The van der Waals surface area contributed by atoms with Crippen molar-refractivity contribution in [3.05, 3.63) is 29.8 Å². The molecule has 0 spiro atoms. The van der Waals surface area contributed by atoms with Crippen molar-refractivity contribution in [1.82, 2.24) is 4.90 Å². The molecule has 110 valence electrons. The average molecular weight is 287 g/mol. The van der Waals surface area contributed by atoms with Gasteiger partial charge in [0.25, 0.3) is 0 Å². The molecule has 0 amide bonds. The number of nitrogens with zero attached hydrogens (tertiary/aromatic N) is 1. The SMILES string of the molecule is OB(O)c1ccc(CN2CCC(C(F)(F)F)CC2)cc1. The van der Waals surface area contributed by atoms with Gasteiger partial charge in [0, 0.05) is 6.54 Å². The zero-order valence-electron chi connectivity index (χ0n) is 11.0. The quantitative estimate of drug-likeness (QED) is 0.819.